The molecule has 0 aliphatic carbocycles. The van der Waals surface area contributed by atoms with Crippen molar-refractivity contribution in [3.05, 3.63) is 35.4 Å². The minimum Gasteiger partial charge on any atom is -0.386 e. The number of benzene rings is 1. The summed E-state index contributed by atoms with van der Waals surface area (Å²) in [5.41, 5.74) is 2.10. The van der Waals surface area contributed by atoms with Gasteiger partial charge in [0.25, 0.3) is 0 Å². The van der Waals surface area contributed by atoms with E-state index in [0.29, 0.717) is 13.2 Å². The fraction of sp³-hybridized carbons (Fsp3) is 0.538. The normalized spacial score (nSPS) is 22.2. The number of rotatable bonds is 4. The summed E-state index contributed by atoms with van der Waals surface area (Å²) in [7, 11) is 0. The van der Waals surface area contributed by atoms with Crippen LogP contribution in [0, 0.1) is 6.92 Å². The summed E-state index contributed by atoms with van der Waals surface area (Å²) in [5, 5.41) is 9.91. The zero-order valence-corrected chi connectivity index (χ0v) is 9.56. The van der Waals surface area contributed by atoms with E-state index in [4.69, 9.17) is 9.47 Å². The molecule has 3 heteroatoms. The van der Waals surface area contributed by atoms with Crippen LogP contribution >= 0.6 is 0 Å². The third-order valence-electron chi connectivity index (χ3n) is 2.84. The minimum absolute atomic E-state index is 0.153. The van der Waals surface area contributed by atoms with Crippen molar-refractivity contribution in [3.8, 4) is 0 Å². The third kappa shape index (κ3) is 3.04. The minimum atomic E-state index is -0.541. The molecule has 0 radical (unpaired) electrons. The molecule has 1 aromatic carbocycles. The largest absolute Gasteiger partial charge is 0.386 e. The molecule has 1 heterocycles. The topological polar surface area (TPSA) is 38.7 Å². The predicted molar refractivity (Wildman–Crippen MR) is 61.3 cm³/mol. The standard InChI is InChI=1S/C13H18O3/c1-10-2-4-11(5-3-10)13(14)9-16-12-6-7-15-8-12/h2-5,12-14H,6-9H2,1H3. The second-order valence-electron chi connectivity index (χ2n) is 4.25. The van der Waals surface area contributed by atoms with E-state index in [2.05, 4.69) is 0 Å². The number of hydrogen-bond acceptors (Lipinski definition) is 3. The molecule has 3 nitrogen and oxygen atoms in total. The molecule has 0 aromatic heterocycles. The van der Waals surface area contributed by atoms with Crippen molar-refractivity contribution in [2.75, 3.05) is 19.8 Å². The van der Waals surface area contributed by atoms with Gasteiger partial charge in [-0.2, -0.15) is 0 Å². The third-order valence-corrected chi connectivity index (χ3v) is 2.84. The Kier molecular flexibility index (Phi) is 3.93. The first-order valence-electron chi connectivity index (χ1n) is 5.69. The molecule has 16 heavy (non-hydrogen) atoms. The van der Waals surface area contributed by atoms with E-state index in [1.54, 1.807) is 0 Å². The lowest BCUT2D eigenvalue weighted by molar-refractivity contribution is -0.0131. The Hall–Kier alpha value is -0.900. The molecule has 1 N–H and O–H groups in total. The molecule has 2 unspecified atom stereocenters. The van der Waals surface area contributed by atoms with E-state index >= 15 is 0 Å². The van der Waals surface area contributed by atoms with Gasteiger partial charge in [0.15, 0.2) is 0 Å². The fourth-order valence-corrected chi connectivity index (χ4v) is 1.76. The Morgan fingerprint density at radius 2 is 2.19 bits per heavy atom. The van der Waals surface area contributed by atoms with E-state index in [0.717, 1.165) is 18.6 Å². The Balaban J connectivity index is 1.82. The SMILES string of the molecule is Cc1ccc(C(O)COC2CCOC2)cc1. The van der Waals surface area contributed by atoms with Crippen molar-refractivity contribution in [2.45, 2.75) is 25.6 Å². The van der Waals surface area contributed by atoms with Crippen LogP contribution in [-0.4, -0.2) is 31.0 Å². The van der Waals surface area contributed by atoms with Crippen molar-refractivity contribution in [1.82, 2.24) is 0 Å². The summed E-state index contributed by atoms with van der Waals surface area (Å²) >= 11 is 0. The number of ether oxygens (including phenoxy) is 2. The second-order valence-corrected chi connectivity index (χ2v) is 4.25. The van der Waals surface area contributed by atoms with Gasteiger partial charge in [-0.25, -0.2) is 0 Å². The van der Waals surface area contributed by atoms with Crippen molar-refractivity contribution in [3.63, 3.8) is 0 Å². The summed E-state index contributed by atoms with van der Waals surface area (Å²) in [6.45, 7) is 3.80. The summed E-state index contributed by atoms with van der Waals surface area (Å²) in [4.78, 5) is 0. The van der Waals surface area contributed by atoms with Gasteiger partial charge in [-0.3, -0.25) is 0 Å². The lowest BCUT2D eigenvalue weighted by atomic mass is 10.1. The maximum absolute atomic E-state index is 9.91. The van der Waals surface area contributed by atoms with Crippen LogP contribution in [-0.2, 0) is 9.47 Å². The maximum Gasteiger partial charge on any atom is 0.102 e. The van der Waals surface area contributed by atoms with Crippen LogP contribution in [0.1, 0.15) is 23.7 Å². The van der Waals surface area contributed by atoms with Crippen LogP contribution in [0.5, 0.6) is 0 Å². The smallest absolute Gasteiger partial charge is 0.102 e. The molecule has 0 bridgehead atoms. The van der Waals surface area contributed by atoms with Gasteiger partial charge in [-0.1, -0.05) is 29.8 Å². The summed E-state index contributed by atoms with van der Waals surface area (Å²) < 4.78 is 10.8. The zero-order valence-electron chi connectivity index (χ0n) is 9.56. The number of aliphatic hydroxyl groups excluding tert-OH is 1. The van der Waals surface area contributed by atoms with Gasteiger partial charge in [0.05, 0.1) is 19.3 Å². The van der Waals surface area contributed by atoms with Crippen molar-refractivity contribution >= 4 is 0 Å². The van der Waals surface area contributed by atoms with Crippen LogP contribution in [0.15, 0.2) is 24.3 Å². The summed E-state index contributed by atoms with van der Waals surface area (Å²) in [6, 6.07) is 7.87. The first kappa shape index (κ1) is 11.6. The van der Waals surface area contributed by atoms with Gasteiger partial charge < -0.3 is 14.6 Å². The van der Waals surface area contributed by atoms with Gasteiger partial charge in [-0.05, 0) is 18.9 Å². The predicted octanol–water partition coefficient (Wildman–Crippen LogP) is 1.83. The van der Waals surface area contributed by atoms with Crippen LogP contribution < -0.4 is 0 Å². The molecular formula is C13H18O3. The highest BCUT2D eigenvalue weighted by molar-refractivity contribution is 5.23. The van der Waals surface area contributed by atoms with Gasteiger partial charge in [0.1, 0.15) is 6.10 Å². The maximum atomic E-state index is 9.91. The first-order chi connectivity index (χ1) is 7.75. The summed E-state index contributed by atoms with van der Waals surface area (Å²) in [6.07, 6.45) is 0.543. The highest BCUT2D eigenvalue weighted by Gasteiger charge is 2.17. The molecule has 2 atom stereocenters. The molecule has 2 rings (SSSR count). The molecular weight excluding hydrogens is 204 g/mol. The molecule has 0 spiro atoms. The van der Waals surface area contributed by atoms with Crippen LogP contribution in [0.25, 0.3) is 0 Å². The Bertz CT molecular complexity index is 314. The van der Waals surface area contributed by atoms with Crippen LogP contribution in [0.2, 0.25) is 0 Å². The monoisotopic (exact) mass is 222 g/mol. The van der Waals surface area contributed by atoms with Crippen LogP contribution in [0.3, 0.4) is 0 Å². The van der Waals surface area contributed by atoms with E-state index in [9.17, 15) is 5.11 Å². The van der Waals surface area contributed by atoms with Gasteiger partial charge in [0, 0.05) is 6.61 Å². The van der Waals surface area contributed by atoms with E-state index in [1.807, 2.05) is 31.2 Å². The molecule has 1 saturated heterocycles. The quantitative estimate of drug-likeness (QED) is 0.844. The highest BCUT2D eigenvalue weighted by Crippen LogP contribution is 2.16. The Labute approximate surface area is 96.0 Å². The molecule has 1 aliphatic heterocycles. The zero-order chi connectivity index (χ0) is 11.4. The molecule has 1 aliphatic rings. The van der Waals surface area contributed by atoms with Crippen molar-refractivity contribution in [2.24, 2.45) is 0 Å². The Morgan fingerprint density at radius 3 is 2.81 bits per heavy atom. The van der Waals surface area contributed by atoms with Crippen molar-refractivity contribution < 1.29 is 14.6 Å². The van der Waals surface area contributed by atoms with E-state index in [-0.39, 0.29) is 6.10 Å². The number of aliphatic hydroxyl groups is 1. The Morgan fingerprint density at radius 1 is 1.44 bits per heavy atom. The number of hydrogen-bond donors (Lipinski definition) is 1. The van der Waals surface area contributed by atoms with Crippen molar-refractivity contribution in [1.29, 1.82) is 0 Å². The summed E-state index contributed by atoms with van der Waals surface area (Å²) in [5.74, 6) is 0. The lowest BCUT2D eigenvalue weighted by Gasteiger charge is -2.15. The first-order valence-corrected chi connectivity index (χ1v) is 5.69. The highest BCUT2D eigenvalue weighted by atomic mass is 16.5. The molecule has 88 valence electrons. The van der Waals surface area contributed by atoms with E-state index < -0.39 is 6.10 Å². The van der Waals surface area contributed by atoms with Gasteiger partial charge in [0.2, 0.25) is 0 Å². The van der Waals surface area contributed by atoms with Crippen LogP contribution in [0.4, 0.5) is 0 Å². The molecule has 0 saturated carbocycles. The average molecular weight is 222 g/mol. The van der Waals surface area contributed by atoms with Gasteiger partial charge in [-0.15, -0.1) is 0 Å². The molecule has 1 aromatic rings. The molecule has 0 amide bonds. The van der Waals surface area contributed by atoms with E-state index in [1.165, 1.54) is 5.56 Å². The second kappa shape index (κ2) is 5.43. The lowest BCUT2D eigenvalue weighted by Crippen LogP contribution is -2.17. The number of aryl methyl sites for hydroxylation is 1. The average Bonchev–Trinajstić information content (AvgIpc) is 2.80. The van der Waals surface area contributed by atoms with Gasteiger partial charge >= 0.3 is 0 Å². The molecule has 1 fully saturated rings. The fourth-order valence-electron chi connectivity index (χ4n) is 1.76.